The molecule has 3 fully saturated rings. The van der Waals surface area contributed by atoms with Gasteiger partial charge in [-0.1, -0.05) is 0 Å². The van der Waals surface area contributed by atoms with E-state index in [9.17, 15) is 9.50 Å². The molecule has 36 heavy (non-hydrogen) atoms. The van der Waals surface area contributed by atoms with Crippen LogP contribution in [0.3, 0.4) is 0 Å². The Bertz CT molecular complexity index is 1260. The number of pyridine rings is 3. The molecule has 0 spiro atoms. The number of hydrogen-bond acceptors (Lipinski definition) is 8. The number of aliphatic hydroxyl groups excluding tert-OH is 1. The Morgan fingerprint density at radius 1 is 1.06 bits per heavy atom. The summed E-state index contributed by atoms with van der Waals surface area (Å²) in [5.74, 6) is 1.42. The minimum Gasteiger partial charge on any atom is -0.486 e. The van der Waals surface area contributed by atoms with Gasteiger partial charge in [0.15, 0.2) is 11.5 Å². The molecule has 4 aliphatic rings. The molecule has 1 unspecified atom stereocenters. The molecule has 2 N–H and O–H groups in total. The number of nitrogens with zero attached hydrogens (tertiary/aromatic N) is 3. The summed E-state index contributed by atoms with van der Waals surface area (Å²) in [7, 11) is 1.53. The lowest BCUT2D eigenvalue weighted by Gasteiger charge is -2.55. The number of rotatable bonds is 7. The van der Waals surface area contributed by atoms with Crippen LogP contribution in [0.4, 0.5) is 4.39 Å². The SMILES string of the molecule is COc1ccc2ncc(F)c(CC(O)C34CCC(NCc5cc6c(cn5)OCCO6)(CC3)CC4)c2n1. The molecule has 190 valence electrons. The highest BCUT2D eigenvalue weighted by Crippen LogP contribution is 2.54. The fourth-order valence-corrected chi connectivity index (χ4v) is 6.14. The van der Waals surface area contributed by atoms with E-state index in [0.29, 0.717) is 48.0 Å². The molecule has 0 radical (unpaired) electrons. The number of fused-ring (bicyclic) bond motifs is 5. The van der Waals surface area contributed by atoms with Crippen molar-refractivity contribution in [3.05, 3.63) is 47.7 Å². The fraction of sp³-hybridized carbons (Fsp3) is 0.519. The molecule has 8 nitrogen and oxygen atoms in total. The molecule has 1 atom stereocenters. The molecule has 0 saturated heterocycles. The first kappa shape index (κ1) is 23.4. The molecule has 3 saturated carbocycles. The number of aromatic nitrogens is 3. The number of halogens is 1. The Hall–Kier alpha value is -3.04. The van der Waals surface area contributed by atoms with Gasteiger partial charge in [0.2, 0.25) is 5.88 Å². The lowest BCUT2D eigenvalue weighted by molar-refractivity contribution is -0.0702. The van der Waals surface area contributed by atoms with Crippen molar-refractivity contribution in [1.82, 2.24) is 20.3 Å². The monoisotopic (exact) mass is 494 g/mol. The van der Waals surface area contributed by atoms with Crippen molar-refractivity contribution in [2.24, 2.45) is 5.41 Å². The maximum atomic E-state index is 14.9. The van der Waals surface area contributed by atoms with Crippen LogP contribution in [0.1, 0.15) is 49.8 Å². The molecular weight excluding hydrogens is 463 g/mol. The van der Waals surface area contributed by atoms with E-state index in [2.05, 4.69) is 20.3 Å². The number of aliphatic hydroxyl groups is 1. The summed E-state index contributed by atoms with van der Waals surface area (Å²) in [6.45, 7) is 1.77. The smallest absolute Gasteiger partial charge is 0.213 e. The van der Waals surface area contributed by atoms with Crippen LogP contribution >= 0.6 is 0 Å². The Morgan fingerprint density at radius 2 is 1.81 bits per heavy atom. The minimum atomic E-state index is -0.650. The van der Waals surface area contributed by atoms with Crippen molar-refractivity contribution < 1.29 is 23.7 Å². The van der Waals surface area contributed by atoms with E-state index < -0.39 is 11.9 Å². The molecular formula is C27H31FN4O4. The fourth-order valence-electron chi connectivity index (χ4n) is 6.14. The highest BCUT2D eigenvalue weighted by Gasteiger charge is 2.51. The van der Waals surface area contributed by atoms with Gasteiger partial charge in [0.25, 0.3) is 0 Å². The first-order valence-corrected chi connectivity index (χ1v) is 12.7. The van der Waals surface area contributed by atoms with Crippen LogP contribution in [0.5, 0.6) is 17.4 Å². The van der Waals surface area contributed by atoms with Crippen molar-refractivity contribution in [3.63, 3.8) is 0 Å². The van der Waals surface area contributed by atoms with Gasteiger partial charge in [-0.05, 0) is 50.0 Å². The van der Waals surface area contributed by atoms with Crippen LogP contribution in [-0.2, 0) is 13.0 Å². The Balaban J connectivity index is 1.13. The predicted octanol–water partition coefficient (Wildman–Crippen LogP) is 3.73. The van der Waals surface area contributed by atoms with Gasteiger partial charge in [-0.2, -0.15) is 0 Å². The topological polar surface area (TPSA) is 98.6 Å². The minimum absolute atomic E-state index is 0.0416. The van der Waals surface area contributed by atoms with Crippen LogP contribution in [0.2, 0.25) is 0 Å². The summed E-state index contributed by atoms with van der Waals surface area (Å²) >= 11 is 0. The van der Waals surface area contributed by atoms with E-state index in [1.165, 1.54) is 13.3 Å². The maximum absolute atomic E-state index is 14.9. The third-order valence-corrected chi connectivity index (χ3v) is 8.49. The van der Waals surface area contributed by atoms with E-state index in [0.717, 1.165) is 50.0 Å². The lowest BCUT2D eigenvalue weighted by atomic mass is 9.54. The van der Waals surface area contributed by atoms with Crippen LogP contribution < -0.4 is 19.5 Å². The molecule has 3 aromatic rings. The number of methoxy groups -OCH3 is 1. The van der Waals surface area contributed by atoms with Crippen LogP contribution in [0, 0.1) is 11.2 Å². The van der Waals surface area contributed by atoms with Crippen molar-refractivity contribution in [1.29, 1.82) is 0 Å². The van der Waals surface area contributed by atoms with Gasteiger partial charge in [-0.15, -0.1) is 0 Å². The van der Waals surface area contributed by atoms with E-state index in [4.69, 9.17) is 14.2 Å². The van der Waals surface area contributed by atoms with Crippen molar-refractivity contribution in [3.8, 4) is 17.4 Å². The summed E-state index contributed by atoms with van der Waals surface area (Å²) < 4.78 is 31.4. The van der Waals surface area contributed by atoms with Gasteiger partial charge in [0, 0.05) is 36.2 Å². The average Bonchev–Trinajstić information content (AvgIpc) is 2.94. The predicted molar refractivity (Wildman–Crippen MR) is 131 cm³/mol. The van der Waals surface area contributed by atoms with Crippen molar-refractivity contribution >= 4 is 11.0 Å². The quantitative estimate of drug-likeness (QED) is 0.513. The summed E-state index contributed by atoms with van der Waals surface area (Å²) in [6, 6.07) is 5.43. The van der Waals surface area contributed by atoms with Crippen molar-refractivity contribution in [2.45, 2.75) is 63.1 Å². The summed E-state index contributed by atoms with van der Waals surface area (Å²) in [6.07, 6.45) is 8.14. The highest BCUT2D eigenvalue weighted by atomic mass is 19.1. The Labute approximate surface area is 209 Å². The second-order valence-corrected chi connectivity index (χ2v) is 10.3. The van der Waals surface area contributed by atoms with E-state index >= 15 is 0 Å². The number of nitrogens with one attached hydrogen (secondary N) is 1. The second kappa shape index (κ2) is 9.12. The molecule has 1 aliphatic heterocycles. The standard InChI is InChI=1S/C27H31FN4O4/c1-34-24-3-2-20-25(32-24)18(19(28)15-30-20)13-23(33)26-4-7-27(8-5-26,9-6-26)31-14-17-12-21-22(16-29-17)36-11-10-35-21/h2-3,12,15-16,23,31,33H,4-11,13-14H2,1H3. The van der Waals surface area contributed by atoms with Crippen LogP contribution in [-0.4, -0.2) is 52.0 Å². The number of hydrogen-bond donors (Lipinski definition) is 2. The third kappa shape index (κ3) is 4.14. The van der Waals surface area contributed by atoms with E-state index in [1.807, 2.05) is 6.07 Å². The summed E-state index contributed by atoms with van der Waals surface area (Å²) in [5.41, 5.74) is 2.23. The average molecular weight is 495 g/mol. The Morgan fingerprint density at radius 3 is 2.56 bits per heavy atom. The summed E-state index contributed by atoms with van der Waals surface area (Å²) in [4.78, 5) is 13.1. The third-order valence-electron chi connectivity index (χ3n) is 8.49. The van der Waals surface area contributed by atoms with Gasteiger partial charge >= 0.3 is 0 Å². The zero-order chi connectivity index (χ0) is 24.8. The molecule has 0 aromatic carbocycles. The van der Waals surface area contributed by atoms with Crippen LogP contribution in [0.25, 0.3) is 11.0 Å². The normalized spacial score (nSPS) is 25.6. The van der Waals surface area contributed by atoms with E-state index in [-0.39, 0.29) is 17.4 Å². The molecule has 9 heteroatoms. The van der Waals surface area contributed by atoms with Gasteiger partial charge in [0.05, 0.1) is 42.3 Å². The second-order valence-electron chi connectivity index (χ2n) is 10.3. The first-order valence-electron chi connectivity index (χ1n) is 12.7. The van der Waals surface area contributed by atoms with Crippen molar-refractivity contribution in [2.75, 3.05) is 20.3 Å². The van der Waals surface area contributed by atoms with Gasteiger partial charge in [0.1, 0.15) is 19.0 Å². The molecule has 0 amide bonds. The highest BCUT2D eigenvalue weighted by molar-refractivity contribution is 5.78. The zero-order valence-electron chi connectivity index (χ0n) is 20.4. The van der Waals surface area contributed by atoms with Gasteiger partial charge < -0.3 is 24.6 Å². The Kier molecular flexibility index (Phi) is 5.92. The zero-order valence-corrected chi connectivity index (χ0v) is 20.4. The lowest BCUT2D eigenvalue weighted by Crippen LogP contribution is -2.57. The molecule has 3 aromatic heterocycles. The molecule has 3 aliphatic carbocycles. The van der Waals surface area contributed by atoms with Gasteiger partial charge in [-0.25, -0.2) is 9.37 Å². The largest absolute Gasteiger partial charge is 0.486 e. The molecule has 2 bridgehead atoms. The number of ether oxygens (including phenoxy) is 3. The summed E-state index contributed by atoms with van der Waals surface area (Å²) in [5, 5.41) is 15.2. The molecule has 4 heterocycles. The van der Waals surface area contributed by atoms with E-state index in [1.54, 1.807) is 18.3 Å². The maximum Gasteiger partial charge on any atom is 0.213 e. The first-order chi connectivity index (χ1) is 17.5. The van der Waals surface area contributed by atoms with Gasteiger partial charge in [-0.3, -0.25) is 9.97 Å². The molecule has 7 rings (SSSR count). The van der Waals surface area contributed by atoms with Crippen LogP contribution in [0.15, 0.2) is 30.6 Å².